The Hall–Kier alpha value is -3.15. The lowest BCUT2D eigenvalue weighted by molar-refractivity contribution is -0.108. The third kappa shape index (κ3) is 7.41. The monoisotopic (exact) mass is 397 g/mol. The third-order valence-electron chi connectivity index (χ3n) is 4.04. The normalized spacial score (nSPS) is 13.1. The summed E-state index contributed by atoms with van der Waals surface area (Å²) >= 11 is 0. The summed E-state index contributed by atoms with van der Waals surface area (Å²) in [7, 11) is 0. The maximum absolute atomic E-state index is 12.6. The molecule has 2 rings (SSSR count). The number of carbonyl (C=O) groups excluding carboxylic acids is 3. The molecule has 1 amide bonds. The first-order chi connectivity index (χ1) is 13.8. The van der Waals surface area contributed by atoms with Crippen molar-refractivity contribution in [2.24, 2.45) is 0 Å². The minimum absolute atomic E-state index is 0.187. The summed E-state index contributed by atoms with van der Waals surface area (Å²) in [6.45, 7) is 5.30. The molecule has 1 N–H and O–H groups in total. The van der Waals surface area contributed by atoms with E-state index in [4.69, 9.17) is 9.47 Å². The molecule has 0 saturated heterocycles. The van der Waals surface area contributed by atoms with Crippen molar-refractivity contribution in [1.29, 1.82) is 0 Å². The van der Waals surface area contributed by atoms with E-state index in [9.17, 15) is 14.4 Å². The highest BCUT2D eigenvalue weighted by Gasteiger charge is 2.30. The van der Waals surface area contributed by atoms with Crippen LogP contribution < -0.4 is 5.32 Å². The fourth-order valence-electron chi connectivity index (χ4n) is 2.79. The highest BCUT2D eigenvalue weighted by molar-refractivity contribution is 5.89. The lowest BCUT2D eigenvalue weighted by Gasteiger charge is -2.29. The van der Waals surface area contributed by atoms with Gasteiger partial charge in [0.05, 0.1) is 11.6 Å². The summed E-state index contributed by atoms with van der Waals surface area (Å²) < 4.78 is 11.1. The van der Waals surface area contributed by atoms with Gasteiger partial charge in [0.15, 0.2) is 0 Å². The van der Waals surface area contributed by atoms with Gasteiger partial charge in [-0.1, -0.05) is 48.5 Å². The van der Waals surface area contributed by atoms with Crippen molar-refractivity contribution >= 4 is 18.3 Å². The molecule has 0 unspecified atom stereocenters. The molecule has 2 aromatic rings. The molecule has 0 aliphatic heterocycles. The fourth-order valence-corrected chi connectivity index (χ4v) is 2.79. The second-order valence-electron chi connectivity index (χ2n) is 7.59. The number of rotatable bonds is 8. The second kappa shape index (κ2) is 10.4. The molecule has 2 atom stereocenters. The molecule has 0 aliphatic rings. The molecular weight excluding hydrogens is 370 g/mol. The number of amides is 1. The van der Waals surface area contributed by atoms with Gasteiger partial charge in [0, 0.05) is 6.42 Å². The summed E-state index contributed by atoms with van der Waals surface area (Å²) in [5.74, 6) is -0.520. The van der Waals surface area contributed by atoms with Gasteiger partial charge in [0.2, 0.25) is 0 Å². The van der Waals surface area contributed by atoms with Gasteiger partial charge in [0.1, 0.15) is 18.0 Å². The lowest BCUT2D eigenvalue weighted by atomic mass is 9.98. The number of esters is 1. The Morgan fingerprint density at radius 1 is 1.00 bits per heavy atom. The number of carbonyl (C=O) groups is 3. The van der Waals surface area contributed by atoms with Gasteiger partial charge in [0.25, 0.3) is 0 Å². The van der Waals surface area contributed by atoms with Crippen molar-refractivity contribution < 1.29 is 23.9 Å². The van der Waals surface area contributed by atoms with Gasteiger partial charge in [-0.3, -0.25) is 0 Å². The molecule has 2 aromatic carbocycles. The van der Waals surface area contributed by atoms with Crippen LogP contribution in [0.4, 0.5) is 4.79 Å². The Kier molecular flexibility index (Phi) is 7.95. The summed E-state index contributed by atoms with van der Waals surface area (Å²) in [4.78, 5) is 36.0. The first-order valence-corrected chi connectivity index (χ1v) is 9.54. The molecule has 6 nitrogen and oxygen atoms in total. The topological polar surface area (TPSA) is 81.7 Å². The van der Waals surface area contributed by atoms with Gasteiger partial charge in [-0.25, -0.2) is 9.59 Å². The second-order valence-corrected chi connectivity index (χ2v) is 7.59. The van der Waals surface area contributed by atoms with Crippen LogP contribution in [0.3, 0.4) is 0 Å². The summed E-state index contributed by atoms with van der Waals surface area (Å²) in [5, 5.41) is 2.80. The Balaban J connectivity index is 2.29. The van der Waals surface area contributed by atoms with E-state index in [0.717, 1.165) is 11.8 Å². The van der Waals surface area contributed by atoms with Crippen LogP contribution in [0.25, 0.3) is 0 Å². The quantitative estimate of drug-likeness (QED) is 0.525. The third-order valence-corrected chi connectivity index (χ3v) is 4.04. The van der Waals surface area contributed by atoms with E-state index < -0.39 is 29.8 Å². The molecule has 29 heavy (non-hydrogen) atoms. The zero-order chi connectivity index (χ0) is 21.3. The molecule has 0 saturated carbocycles. The Labute approximate surface area is 171 Å². The number of ether oxygens (including phenoxy) is 2. The van der Waals surface area contributed by atoms with E-state index in [1.54, 1.807) is 51.1 Å². The number of nitrogens with one attached hydrogen (secondary N) is 1. The average molecular weight is 397 g/mol. The maximum atomic E-state index is 12.6. The van der Waals surface area contributed by atoms with Gasteiger partial charge in [-0.15, -0.1) is 0 Å². The van der Waals surface area contributed by atoms with Crippen molar-refractivity contribution in [1.82, 2.24) is 5.32 Å². The number of hydrogen-bond acceptors (Lipinski definition) is 5. The summed E-state index contributed by atoms with van der Waals surface area (Å²) in [6.07, 6.45) is -0.163. The summed E-state index contributed by atoms with van der Waals surface area (Å²) in [6, 6.07) is 17.1. The molecule has 0 heterocycles. The maximum Gasteiger partial charge on any atom is 0.408 e. The SMILES string of the molecule is CC(C)(C)OC(=O)N[C@H](c1ccccc1)[C@@H](CCC=O)OC(=O)c1ccccc1. The predicted octanol–water partition coefficient (Wildman–Crippen LogP) is 4.46. The highest BCUT2D eigenvalue weighted by Crippen LogP contribution is 2.24. The molecule has 0 bridgehead atoms. The fraction of sp³-hybridized carbons (Fsp3) is 0.348. The van der Waals surface area contributed by atoms with Gasteiger partial charge < -0.3 is 19.6 Å². The van der Waals surface area contributed by atoms with Gasteiger partial charge >= 0.3 is 12.1 Å². The molecule has 6 heteroatoms. The number of alkyl carbamates (subject to hydrolysis) is 1. The van der Waals surface area contributed by atoms with E-state index in [1.165, 1.54) is 0 Å². The van der Waals surface area contributed by atoms with Crippen LogP contribution in [0.5, 0.6) is 0 Å². The van der Waals surface area contributed by atoms with Gasteiger partial charge in [-0.2, -0.15) is 0 Å². The van der Waals surface area contributed by atoms with Crippen molar-refractivity contribution in [3.05, 3.63) is 71.8 Å². The largest absolute Gasteiger partial charge is 0.456 e. The zero-order valence-electron chi connectivity index (χ0n) is 17.0. The van der Waals surface area contributed by atoms with E-state index in [-0.39, 0.29) is 12.8 Å². The van der Waals surface area contributed by atoms with E-state index in [2.05, 4.69) is 5.32 Å². The molecule has 0 aromatic heterocycles. The summed E-state index contributed by atoms with van der Waals surface area (Å²) in [5.41, 5.74) is 0.465. The average Bonchev–Trinajstić information content (AvgIpc) is 2.69. The molecule has 0 radical (unpaired) electrons. The zero-order valence-corrected chi connectivity index (χ0v) is 17.0. The van der Waals surface area contributed by atoms with E-state index in [0.29, 0.717) is 5.56 Å². The Morgan fingerprint density at radius 2 is 1.59 bits per heavy atom. The van der Waals surface area contributed by atoms with E-state index >= 15 is 0 Å². The molecule has 0 fully saturated rings. The number of benzene rings is 2. The van der Waals surface area contributed by atoms with Crippen molar-refractivity contribution in [3.8, 4) is 0 Å². The minimum atomic E-state index is -0.747. The van der Waals surface area contributed by atoms with Crippen LogP contribution in [-0.2, 0) is 14.3 Å². The first-order valence-electron chi connectivity index (χ1n) is 9.54. The van der Waals surface area contributed by atoms with Crippen molar-refractivity contribution in [3.63, 3.8) is 0 Å². The van der Waals surface area contributed by atoms with Crippen LogP contribution in [0.2, 0.25) is 0 Å². The van der Waals surface area contributed by atoms with Crippen molar-refractivity contribution in [2.75, 3.05) is 0 Å². The molecular formula is C23H27NO5. The predicted molar refractivity (Wildman–Crippen MR) is 109 cm³/mol. The highest BCUT2D eigenvalue weighted by atomic mass is 16.6. The van der Waals surface area contributed by atoms with Crippen molar-refractivity contribution in [2.45, 2.75) is 51.4 Å². The molecule has 0 aliphatic carbocycles. The standard InChI is InChI=1S/C23H27NO5/c1-23(2,3)29-22(27)24-20(17-11-6-4-7-12-17)19(15-10-16-25)28-21(26)18-13-8-5-9-14-18/h4-9,11-14,16,19-20H,10,15H2,1-3H3,(H,24,27)/t19-,20-/m1/s1. The number of aldehydes is 1. The first kappa shape index (κ1) is 22.1. The minimum Gasteiger partial charge on any atom is -0.456 e. The van der Waals surface area contributed by atoms with Crippen LogP contribution in [0, 0.1) is 0 Å². The van der Waals surface area contributed by atoms with E-state index in [1.807, 2.05) is 30.3 Å². The lowest BCUT2D eigenvalue weighted by Crippen LogP contribution is -2.41. The van der Waals surface area contributed by atoms with Gasteiger partial charge in [-0.05, 0) is 44.9 Å². The smallest absolute Gasteiger partial charge is 0.408 e. The van der Waals surface area contributed by atoms with Crippen LogP contribution >= 0.6 is 0 Å². The Bertz CT molecular complexity index is 799. The van der Waals surface area contributed by atoms with Crippen LogP contribution in [-0.4, -0.2) is 30.1 Å². The van der Waals surface area contributed by atoms with Crippen LogP contribution in [0.15, 0.2) is 60.7 Å². The Morgan fingerprint density at radius 3 is 2.14 bits per heavy atom. The molecule has 0 spiro atoms. The van der Waals surface area contributed by atoms with Crippen LogP contribution in [0.1, 0.15) is 55.6 Å². The molecule has 154 valence electrons. The number of hydrogen-bond donors (Lipinski definition) is 1.